The minimum absolute atomic E-state index is 0.395. The first-order valence-electron chi connectivity index (χ1n) is 7.27. The Morgan fingerprint density at radius 1 is 1.08 bits per heavy atom. The van der Waals surface area contributed by atoms with E-state index < -0.39 is 11.6 Å². The molecule has 4 aromatic rings. The van der Waals surface area contributed by atoms with Gasteiger partial charge in [0.25, 0.3) is 0 Å². The number of hydrogen-bond donors (Lipinski definition) is 1. The normalized spacial score (nSPS) is 10.8. The summed E-state index contributed by atoms with van der Waals surface area (Å²) < 4.78 is 15.8. The topological polar surface area (TPSA) is 49.0 Å². The summed E-state index contributed by atoms with van der Waals surface area (Å²) in [4.78, 5) is 0.927. The first kappa shape index (κ1) is 14.5. The van der Waals surface area contributed by atoms with Crippen LogP contribution in [0, 0.1) is 17.1 Å². The monoisotopic (exact) mass is 334 g/mol. The van der Waals surface area contributed by atoms with Gasteiger partial charge >= 0.3 is 0 Å². The molecule has 0 aliphatic heterocycles. The lowest BCUT2D eigenvalue weighted by Crippen LogP contribution is -1.97. The number of hydrogen-bond acceptors (Lipinski definition) is 3. The lowest BCUT2D eigenvalue weighted by Gasteiger charge is -2.11. The number of aromatic hydroxyl groups is 1. The van der Waals surface area contributed by atoms with E-state index in [0.717, 1.165) is 21.5 Å². The van der Waals surface area contributed by atoms with E-state index >= 15 is 0 Å². The quantitative estimate of drug-likeness (QED) is 0.556. The second-order valence-corrected chi connectivity index (χ2v) is 6.25. The van der Waals surface area contributed by atoms with Gasteiger partial charge in [0.15, 0.2) is 11.6 Å². The molecule has 4 rings (SSSR count). The van der Waals surface area contributed by atoms with Crippen LogP contribution in [0.25, 0.3) is 27.2 Å². The Morgan fingerprint density at radius 2 is 1.92 bits per heavy atom. The molecule has 2 heterocycles. The van der Waals surface area contributed by atoms with Crippen LogP contribution < -0.4 is 0 Å². The predicted molar refractivity (Wildman–Crippen MR) is 92.9 cm³/mol. The number of phenols is 1. The van der Waals surface area contributed by atoms with Gasteiger partial charge in [0.1, 0.15) is 6.07 Å². The van der Waals surface area contributed by atoms with Crippen molar-refractivity contribution < 1.29 is 9.50 Å². The first-order chi connectivity index (χ1) is 11.7. The van der Waals surface area contributed by atoms with Crippen LogP contribution in [0.4, 0.5) is 4.39 Å². The maximum atomic E-state index is 13.9. The zero-order chi connectivity index (χ0) is 16.7. The molecule has 0 spiro atoms. The highest BCUT2D eigenvalue weighted by Crippen LogP contribution is 2.38. The fourth-order valence-corrected chi connectivity index (χ4v) is 3.67. The Kier molecular flexibility index (Phi) is 3.33. The first-order valence-corrected chi connectivity index (χ1v) is 8.15. The van der Waals surface area contributed by atoms with Crippen LogP contribution in [0.15, 0.2) is 60.0 Å². The summed E-state index contributed by atoms with van der Waals surface area (Å²) in [6.45, 7) is 0. The van der Waals surface area contributed by atoms with Crippen LogP contribution in [0.1, 0.15) is 5.56 Å². The maximum Gasteiger partial charge on any atom is 0.166 e. The molecule has 0 amide bonds. The number of thiophene rings is 1. The van der Waals surface area contributed by atoms with Crippen LogP contribution in [0.3, 0.4) is 0 Å². The lowest BCUT2D eigenvalue weighted by atomic mass is 10.1. The summed E-state index contributed by atoms with van der Waals surface area (Å²) in [5.74, 6) is -1.09. The smallest absolute Gasteiger partial charge is 0.166 e. The van der Waals surface area contributed by atoms with Crippen molar-refractivity contribution in [1.29, 1.82) is 5.26 Å². The molecule has 0 bridgehead atoms. The van der Waals surface area contributed by atoms with Crippen molar-refractivity contribution in [3.05, 3.63) is 71.4 Å². The predicted octanol–water partition coefficient (Wildman–Crippen LogP) is 5.08. The zero-order valence-electron chi connectivity index (χ0n) is 12.4. The van der Waals surface area contributed by atoms with Gasteiger partial charge in [-0.15, -0.1) is 11.3 Å². The van der Waals surface area contributed by atoms with E-state index in [2.05, 4.69) is 6.07 Å². The molecule has 5 heteroatoms. The fraction of sp³-hybridized carbons (Fsp3) is 0. The highest BCUT2D eigenvalue weighted by molar-refractivity contribution is 7.13. The molecule has 2 aromatic carbocycles. The van der Waals surface area contributed by atoms with E-state index in [1.54, 1.807) is 6.07 Å². The van der Waals surface area contributed by atoms with E-state index in [1.807, 2.05) is 46.3 Å². The highest BCUT2D eigenvalue weighted by atomic mass is 32.1. The molecule has 1 N–H and O–H groups in total. The molecule has 24 heavy (non-hydrogen) atoms. The van der Waals surface area contributed by atoms with Gasteiger partial charge in [0, 0.05) is 17.1 Å². The summed E-state index contributed by atoms with van der Waals surface area (Å²) in [7, 11) is 0. The van der Waals surface area contributed by atoms with E-state index in [-0.39, 0.29) is 0 Å². The highest BCUT2D eigenvalue weighted by Gasteiger charge is 2.20. The van der Waals surface area contributed by atoms with Gasteiger partial charge in [-0.1, -0.05) is 24.3 Å². The van der Waals surface area contributed by atoms with Crippen molar-refractivity contribution in [1.82, 2.24) is 4.57 Å². The molecule has 0 fully saturated rings. The third kappa shape index (κ3) is 2.08. The van der Waals surface area contributed by atoms with Crippen LogP contribution in [0.5, 0.6) is 5.75 Å². The van der Waals surface area contributed by atoms with Crippen LogP contribution in [0.2, 0.25) is 0 Å². The summed E-state index contributed by atoms with van der Waals surface area (Å²) in [5.41, 5.74) is 2.68. The van der Waals surface area contributed by atoms with Gasteiger partial charge < -0.3 is 9.67 Å². The molecule has 0 aliphatic carbocycles. The molecule has 0 aliphatic rings. The van der Waals surface area contributed by atoms with Crippen molar-refractivity contribution in [3.8, 4) is 28.1 Å². The zero-order valence-corrected chi connectivity index (χ0v) is 13.2. The lowest BCUT2D eigenvalue weighted by molar-refractivity contribution is 0.432. The average molecular weight is 334 g/mol. The number of para-hydroxylation sites is 1. The summed E-state index contributed by atoms with van der Waals surface area (Å²) in [6, 6.07) is 17.9. The fourth-order valence-electron chi connectivity index (χ4n) is 2.90. The maximum absolute atomic E-state index is 13.9. The second kappa shape index (κ2) is 5.52. The number of nitriles is 1. The SMILES string of the molecule is N#Cc1c(-c2cccs2)n(-c2ccc(O)c(F)c2)c2ccccc12. The molecule has 3 nitrogen and oxygen atoms in total. The number of benzene rings is 2. The van der Waals surface area contributed by atoms with Crippen molar-refractivity contribution in [3.63, 3.8) is 0 Å². The molecule has 2 aromatic heterocycles. The number of rotatable bonds is 2. The molecule has 0 unspecified atom stereocenters. The number of fused-ring (bicyclic) bond motifs is 1. The van der Waals surface area contributed by atoms with E-state index in [1.165, 1.54) is 23.5 Å². The van der Waals surface area contributed by atoms with Gasteiger partial charge in [-0.25, -0.2) is 4.39 Å². The van der Waals surface area contributed by atoms with E-state index in [4.69, 9.17) is 0 Å². The minimum atomic E-state index is -0.694. The summed E-state index contributed by atoms with van der Waals surface area (Å²) in [5, 5.41) is 21.9. The Morgan fingerprint density at radius 3 is 2.62 bits per heavy atom. The Balaban J connectivity index is 2.16. The molecule has 0 saturated carbocycles. The second-order valence-electron chi connectivity index (χ2n) is 5.30. The molecule has 0 saturated heterocycles. The Bertz CT molecular complexity index is 1090. The molecule has 0 atom stereocenters. The van der Waals surface area contributed by atoms with Crippen molar-refractivity contribution in [2.45, 2.75) is 0 Å². The van der Waals surface area contributed by atoms with Gasteiger partial charge in [-0.2, -0.15) is 5.26 Å². The average Bonchev–Trinajstić information content (AvgIpc) is 3.22. The third-order valence-corrected chi connectivity index (χ3v) is 4.81. The minimum Gasteiger partial charge on any atom is -0.505 e. The van der Waals surface area contributed by atoms with E-state index in [9.17, 15) is 14.8 Å². The third-order valence-electron chi connectivity index (χ3n) is 3.93. The van der Waals surface area contributed by atoms with Crippen molar-refractivity contribution in [2.75, 3.05) is 0 Å². The summed E-state index contributed by atoms with van der Waals surface area (Å²) in [6.07, 6.45) is 0. The number of aromatic nitrogens is 1. The van der Waals surface area contributed by atoms with Crippen LogP contribution >= 0.6 is 11.3 Å². The largest absolute Gasteiger partial charge is 0.505 e. The Labute approximate surface area is 141 Å². The number of nitrogens with zero attached hydrogens (tertiary/aromatic N) is 2. The van der Waals surface area contributed by atoms with Crippen LogP contribution in [-0.4, -0.2) is 9.67 Å². The molecular weight excluding hydrogens is 323 g/mol. The van der Waals surface area contributed by atoms with E-state index in [0.29, 0.717) is 11.3 Å². The number of halogens is 1. The number of phenolic OH excluding ortho intramolecular Hbond substituents is 1. The molecule has 0 radical (unpaired) electrons. The molecular formula is C19H11FN2OS. The van der Waals surface area contributed by atoms with Crippen molar-refractivity contribution >= 4 is 22.2 Å². The van der Waals surface area contributed by atoms with Gasteiger partial charge in [-0.3, -0.25) is 0 Å². The van der Waals surface area contributed by atoms with Gasteiger partial charge in [0.05, 0.1) is 21.7 Å². The van der Waals surface area contributed by atoms with Gasteiger partial charge in [0.2, 0.25) is 0 Å². The standard InChI is InChI=1S/C19H11FN2OS/c20-15-10-12(7-8-17(15)23)22-16-5-2-1-4-13(16)14(11-21)19(22)18-6-3-9-24-18/h1-10,23H. The summed E-state index contributed by atoms with van der Waals surface area (Å²) >= 11 is 1.52. The van der Waals surface area contributed by atoms with Crippen LogP contribution in [-0.2, 0) is 0 Å². The van der Waals surface area contributed by atoms with Crippen molar-refractivity contribution in [2.24, 2.45) is 0 Å². The molecule has 116 valence electrons. The Hall–Kier alpha value is -3.10. The van der Waals surface area contributed by atoms with Gasteiger partial charge in [-0.05, 0) is 29.6 Å².